The molecule has 4 aromatic rings. The van der Waals surface area contributed by atoms with Crippen molar-refractivity contribution in [1.29, 1.82) is 0 Å². The van der Waals surface area contributed by atoms with Crippen LogP contribution in [0.4, 0.5) is 22.0 Å². The summed E-state index contributed by atoms with van der Waals surface area (Å²) in [6.07, 6.45) is 0.937. The van der Waals surface area contributed by atoms with Gasteiger partial charge in [0.25, 0.3) is 0 Å². The number of aryl methyl sites for hydroxylation is 3. The lowest BCUT2D eigenvalue weighted by Gasteiger charge is -2.11. The lowest BCUT2D eigenvalue weighted by atomic mass is 9.96. The van der Waals surface area contributed by atoms with E-state index in [0.717, 1.165) is 12.1 Å². The Morgan fingerprint density at radius 2 is 1.31 bits per heavy atom. The third kappa shape index (κ3) is 4.22. The Kier molecular flexibility index (Phi) is 6.20. The van der Waals surface area contributed by atoms with E-state index in [1.807, 2.05) is 6.92 Å². The van der Waals surface area contributed by atoms with Gasteiger partial charge in [-0.25, -0.2) is 22.0 Å². The van der Waals surface area contributed by atoms with Gasteiger partial charge in [0.05, 0.1) is 5.56 Å². The van der Waals surface area contributed by atoms with Crippen LogP contribution in [0.5, 0.6) is 0 Å². The normalized spacial score (nSPS) is 11.3. The molecular formula is C26H18ClF5. The minimum Gasteiger partial charge on any atom is -0.206 e. The summed E-state index contributed by atoms with van der Waals surface area (Å²) in [6, 6.07) is 12.6. The molecule has 0 heterocycles. The molecule has 0 N–H and O–H groups in total. The highest BCUT2D eigenvalue weighted by molar-refractivity contribution is 6.30. The topological polar surface area (TPSA) is 0 Å². The lowest BCUT2D eigenvalue weighted by Crippen LogP contribution is -1.98. The largest absolute Gasteiger partial charge is 0.206 e. The van der Waals surface area contributed by atoms with Gasteiger partial charge in [0.15, 0.2) is 0 Å². The minimum atomic E-state index is -0.861. The molecule has 0 saturated carbocycles. The van der Waals surface area contributed by atoms with E-state index in [2.05, 4.69) is 0 Å². The van der Waals surface area contributed by atoms with Crippen LogP contribution in [0.15, 0.2) is 54.6 Å². The molecule has 0 bridgehead atoms. The SMILES string of the molecule is CCc1cc(F)c(-c2ccc3c(F)c(CCc4cc(F)c(Cl)c(F)c4)ccc3c2)c(F)c1. The van der Waals surface area contributed by atoms with Crippen LogP contribution in [0.3, 0.4) is 0 Å². The summed E-state index contributed by atoms with van der Waals surface area (Å²) < 4.78 is 71.3. The number of fused-ring (bicyclic) bond motifs is 1. The van der Waals surface area contributed by atoms with Crippen LogP contribution >= 0.6 is 11.6 Å². The first-order valence-corrected chi connectivity index (χ1v) is 10.5. The molecule has 0 fully saturated rings. The Balaban J connectivity index is 1.65. The van der Waals surface area contributed by atoms with Crippen molar-refractivity contribution < 1.29 is 22.0 Å². The molecule has 0 aliphatic rings. The van der Waals surface area contributed by atoms with Gasteiger partial charge in [0, 0.05) is 5.39 Å². The molecule has 0 aliphatic heterocycles. The van der Waals surface area contributed by atoms with Crippen LogP contribution in [0.25, 0.3) is 21.9 Å². The summed E-state index contributed by atoms with van der Waals surface area (Å²) in [5.41, 5.74) is 1.45. The lowest BCUT2D eigenvalue weighted by molar-refractivity contribution is 0.579. The molecule has 0 atom stereocenters. The van der Waals surface area contributed by atoms with Crippen LogP contribution in [-0.2, 0) is 19.3 Å². The fraction of sp³-hybridized carbons (Fsp3) is 0.154. The van der Waals surface area contributed by atoms with Crippen molar-refractivity contribution in [2.24, 2.45) is 0 Å². The van der Waals surface area contributed by atoms with Crippen LogP contribution in [0.2, 0.25) is 5.02 Å². The van der Waals surface area contributed by atoms with Gasteiger partial charge in [0.1, 0.15) is 34.1 Å². The van der Waals surface area contributed by atoms with Gasteiger partial charge in [-0.1, -0.05) is 42.8 Å². The molecule has 0 spiro atoms. The second-order valence-electron chi connectivity index (χ2n) is 7.64. The Morgan fingerprint density at radius 1 is 0.688 bits per heavy atom. The first-order valence-electron chi connectivity index (χ1n) is 10.1. The van der Waals surface area contributed by atoms with Crippen LogP contribution in [-0.4, -0.2) is 0 Å². The maximum Gasteiger partial charge on any atom is 0.145 e. The van der Waals surface area contributed by atoms with Crippen molar-refractivity contribution in [3.63, 3.8) is 0 Å². The summed E-state index contributed by atoms with van der Waals surface area (Å²) in [6.45, 7) is 1.81. The van der Waals surface area contributed by atoms with Gasteiger partial charge in [-0.2, -0.15) is 0 Å². The summed E-state index contributed by atoms with van der Waals surface area (Å²) in [5, 5.41) is 0.218. The molecule has 164 valence electrons. The van der Waals surface area contributed by atoms with Crippen molar-refractivity contribution in [1.82, 2.24) is 0 Å². The first kappa shape index (κ1) is 22.3. The maximum absolute atomic E-state index is 15.1. The van der Waals surface area contributed by atoms with Crippen LogP contribution < -0.4 is 0 Å². The Morgan fingerprint density at radius 3 is 1.94 bits per heavy atom. The zero-order chi connectivity index (χ0) is 23.0. The van der Waals surface area contributed by atoms with Crippen molar-refractivity contribution in [2.75, 3.05) is 0 Å². The number of hydrogen-bond donors (Lipinski definition) is 0. The third-order valence-electron chi connectivity index (χ3n) is 5.56. The van der Waals surface area contributed by atoms with Gasteiger partial charge in [-0.3, -0.25) is 0 Å². The standard InChI is InChI=1S/C26H18ClF5/c1-2-14-9-20(28)24(21(29)10-14)18-7-8-19-17(13-18)6-5-16(26(19)32)4-3-15-11-22(30)25(27)23(31)12-15/h5-13H,2-4H2,1H3. The fourth-order valence-corrected chi connectivity index (χ4v) is 3.93. The molecule has 4 aromatic carbocycles. The van der Waals surface area contributed by atoms with Crippen molar-refractivity contribution in [3.8, 4) is 11.1 Å². The average molecular weight is 461 g/mol. The number of rotatable bonds is 5. The maximum atomic E-state index is 15.1. The first-order chi connectivity index (χ1) is 15.3. The van der Waals surface area contributed by atoms with E-state index < -0.39 is 34.1 Å². The second-order valence-corrected chi connectivity index (χ2v) is 8.01. The van der Waals surface area contributed by atoms with Gasteiger partial charge in [-0.15, -0.1) is 0 Å². The predicted octanol–water partition coefficient (Wildman–Crippen LogP) is 8.20. The molecule has 6 heteroatoms. The smallest absolute Gasteiger partial charge is 0.145 e. The van der Waals surface area contributed by atoms with Gasteiger partial charge in [-0.05, 0) is 77.2 Å². The Hall–Kier alpha value is -2.92. The van der Waals surface area contributed by atoms with E-state index in [1.54, 1.807) is 18.2 Å². The van der Waals surface area contributed by atoms with Gasteiger partial charge < -0.3 is 0 Å². The molecule has 0 aromatic heterocycles. The van der Waals surface area contributed by atoms with E-state index >= 15 is 4.39 Å². The highest BCUT2D eigenvalue weighted by Crippen LogP contribution is 2.32. The predicted molar refractivity (Wildman–Crippen MR) is 117 cm³/mol. The Bertz CT molecular complexity index is 1280. The third-order valence-corrected chi connectivity index (χ3v) is 5.92. The summed E-state index contributed by atoms with van der Waals surface area (Å²) >= 11 is 5.49. The molecule has 0 amide bonds. The highest BCUT2D eigenvalue weighted by Gasteiger charge is 2.16. The monoisotopic (exact) mass is 460 g/mol. The zero-order valence-corrected chi connectivity index (χ0v) is 17.8. The second kappa shape index (κ2) is 8.91. The molecule has 0 nitrogen and oxygen atoms in total. The quantitative estimate of drug-likeness (QED) is 0.208. The van der Waals surface area contributed by atoms with Crippen LogP contribution in [0.1, 0.15) is 23.6 Å². The summed E-state index contributed by atoms with van der Waals surface area (Å²) in [4.78, 5) is 0. The highest BCUT2D eigenvalue weighted by atomic mass is 35.5. The molecule has 0 unspecified atom stereocenters. The van der Waals surface area contributed by atoms with E-state index in [4.69, 9.17) is 11.6 Å². The van der Waals surface area contributed by atoms with E-state index in [-0.39, 0.29) is 18.4 Å². The van der Waals surface area contributed by atoms with Crippen molar-refractivity contribution in [2.45, 2.75) is 26.2 Å². The van der Waals surface area contributed by atoms with Gasteiger partial charge in [0.2, 0.25) is 0 Å². The number of halogens is 6. The van der Waals surface area contributed by atoms with Gasteiger partial charge >= 0.3 is 0 Å². The van der Waals surface area contributed by atoms with E-state index in [9.17, 15) is 17.6 Å². The van der Waals surface area contributed by atoms with Crippen LogP contribution in [0, 0.1) is 29.1 Å². The Labute approximate surface area is 187 Å². The molecule has 0 saturated heterocycles. The molecular weight excluding hydrogens is 443 g/mol. The number of benzene rings is 4. The fourth-order valence-electron chi connectivity index (χ4n) is 3.82. The van der Waals surface area contributed by atoms with Crippen molar-refractivity contribution >= 4 is 22.4 Å². The zero-order valence-electron chi connectivity index (χ0n) is 17.1. The van der Waals surface area contributed by atoms with E-state index in [1.165, 1.54) is 24.3 Å². The molecule has 32 heavy (non-hydrogen) atoms. The van der Waals surface area contributed by atoms with Crippen molar-refractivity contribution in [3.05, 3.63) is 105 Å². The summed E-state index contributed by atoms with van der Waals surface area (Å²) in [5.74, 6) is -3.54. The average Bonchev–Trinajstić information content (AvgIpc) is 2.76. The molecule has 0 aliphatic carbocycles. The molecule has 0 radical (unpaired) electrons. The number of hydrogen-bond acceptors (Lipinski definition) is 0. The van der Waals surface area contributed by atoms with E-state index in [0.29, 0.717) is 39.4 Å². The minimum absolute atomic E-state index is 0.152. The molecule has 4 rings (SSSR count). The summed E-state index contributed by atoms with van der Waals surface area (Å²) in [7, 11) is 0.